The van der Waals surface area contributed by atoms with Gasteiger partial charge in [-0.1, -0.05) is 5.92 Å². The Bertz CT molecular complexity index is 456. The molecule has 27 heavy (non-hydrogen) atoms. The molecular weight excluding hydrogens is 362 g/mol. The molecule has 0 aromatic carbocycles. The Kier molecular flexibility index (Phi) is 12.2. The monoisotopic (exact) mass is 391 g/mol. The molecule has 0 saturated carbocycles. The summed E-state index contributed by atoms with van der Waals surface area (Å²) in [4.78, 5) is 11.3. The number of aliphatic hydroxyl groups excluding tert-OH is 3. The molecule has 1 amide bonds. The summed E-state index contributed by atoms with van der Waals surface area (Å²) < 4.78 is 26.6. The lowest BCUT2D eigenvalue weighted by molar-refractivity contribution is -0.272. The number of rotatable bonds is 13. The standard InChI is InChI=1S/C17H29NO9/c1-3-4-23-5-6-24-7-8-25-9-10-26-17-14(18-12(2)20)16(22)15(21)13(11-19)27-17/h1,13-17,19,21-22H,4-11H2,2H3,(H,18,20). The summed E-state index contributed by atoms with van der Waals surface area (Å²) in [5.41, 5.74) is 0. The topological polar surface area (TPSA) is 136 Å². The number of ether oxygens (including phenoxy) is 5. The molecule has 5 atom stereocenters. The van der Waals surface area contributed by atoms with E-state index in [1.165, 1.54) is 6.92 Å². The second kappa shape index (κ2) is 13.8. The van der Waals surface area contributed by atoms with E-state index in [9.17, 15) is 20.1 Å². The van der Waals surface area contributed by atoms with Crippen LogP contribution in [-0.2, 0) is 28.5 Å². The minimum Gasteiger partial charge on any atom is -0.394 e. The van der Waals surface area contributed by atoms with E-state index in [-0.39, 0.29) is 19.8 Å². The van der Waals surface area contributed by atoms with Crippen molar-refractivity contribution in [2.45, 2.75) is 37.6 Å². The van der Waals surface area contributed by atoms with Crippen LogP contribution in [0.25, 0.3) is 0 Å². The second-order valence-electron chi connectivity index (χ2n) is 5.79. The highest BCUT2D eigenvalue weighted by molar-refractivity contribution is 5.73. The largest absolute Gasteiger partial charge is 0.394 e. The van der Waals surface area contributed by atoms with Gasteiger partial charge in [-0.2, -0.15) is 0 Å². The number of hydrogen-bond acceptors (Lipinski definition) is 9. The van der Waals surface area contributed by atoms with Gasteiger partial charge in [-0.25, -0.2) is 0 Å². The Hall–Kier alpha value is -1.29. The fraction of sp³-hybridized carbons (Fsp3) is 0.824. The third-order valence-electron chi connectivity index (χ3n) is 3.69. The normalized spacial score (nSPS) is 27.9. The van der Waals surface area contributed by atoms with Gasteiger partial charge in [-0.3, -0.25) is 4.79 Å². The highest BCUT2D eigenvalue weighted by atomic mass is 16.7. The highest BCUT2D eigenvalue weighted by Gasteiger charge is 2.45. The maximum Gasteiger partial charge on any atom is 0.217 e. The Morgan fingerprint density at radius 2 is 1.67 bits per heavy atom. The second-order valence-corrected chi connectivity index (χ2v) is 5.79. The van der Waals surface area contributed by atoms with E-state index in [1.54, 1.807) is 0 Å². The summed E-state index contributed by atoms with van der Waals surface area (Å²) >= 11 is 0. The van der Waals surface area contributed by atoms with E-state index < -0.39 is 43.2 Å². The van der Waals surface area contributed by atoms with Crippen LogP contribution in [0.5, 0.6) is 0 Å². The van der Waals surface area contributed by atoms with E-state index in [0.717, 1.165) is 0 Å². The minimum atomic E-state index is -1.34. The van der Waals surface area contributed by atoms with Crippen molar-refractivity contribution in [1.29, 1.82) is 0 Å². The van der Waals surface area contributed by atoms with Crippen LogP contribution >= 0.6 is 0 Å². The van der Waals surface area contributed by atoms with Crippen LogP contribution in [0.15, 0.2) is 0 Å². The first-order chi connectivity index (χ1) is 13.0. The zero-order chi connectivity index (χ0) is 20.1. The number of carbonyl (C=O) groups is 1. The van der Waals surface area contributed by atoms with Crippen LogP contribution in [0, 0.1) is 12.3 Å². The summed E-state index contributed by atoms with van der Waals surface area (Å²) in [5.74, 6) is 1.94. The lowest BCUT2D eigenvalue weighted by Gasteiger charge is -2.42. The number of hydrogen-bond donors (Lipinski definition) is 4. The maximum atomic E-state index is 11.3. The predicted octanol–water partition coefficient (Wildman–Crippen LogP) is -2.37. The molecule has 0 bridgehead atoms. The van der Waals surface area contributed by atoms with Crippen LogP contribution in [-0.4, -0.2) is 105 Å². The van der Waals surface area contributed by atoms with Crippen LogP contribution < -0.4 is 5.32 Å². The number of aliphatic hydroxyl groups is 3. The van der Waals surface area contributed by atoms with Gasteiger partial charge in [0.15, 0.2) is 6.29 Å². The van der Waals surface area contributed by atoms with Crippen molar-refractivity contribution < 1.29 is 43.8 Å². The summed E-state index contributed by atoms with van der Waals surface area (Å²) in [6, 6.07) is -0.966. The van der Waals surface area contributed by atoms with E-state index >= 15 is 0 Å². The summed E-state index contributed by atoms with van der Waals surface area (Å²) in [5, 5.41) is 31.7. The van der Waals surface area contributed by atoms with Gasteiger partial charge in [0.2, 0.25) is 5.91 Å². The summed E-state index contributed by atoms with van der Waals surface area (Å²) in [6.07, 6.45) is 0.315. The third-order valence-corrected chi connectivity index (χ3v) is 3.69. The van der Waals surface area contributed by atoms with E-state index in [1.807, 2.05) is 0 Å². The molecular formula is C17H29NO9. The molecule has 0 aromatic heterocycles. The first-order valence-corrected chi connectivity index (χ1v) is 8.69. The van der Waals surface area contributed by atoms with Crippen molar-refractivity contribution in [3.8, 4) is 12.3 Å². The van der Waals surface area contributed by atoms with Gasteiger partial charge in [0.25, 0.3) is 0 Å². The van der Waals surface area contributed by atoms with Crippen molar-refractivity contribution >= 4 is 5.91 Å². The lowest BCUT2D eigenvalue weighted by Crippen LogP contribution is -2.64. The van der Waals surface area contributed by atoms with Gasteiger partial charge in [0, 0.05) is 6.92 Å². The average Bonchev–Trinajstić information content (AvgIpc) is 2.64. The molecule has 1 aliphatic rings. The van der Waals surface area contributed by atoms with Crippen molar-refractivity contribution in [2.24, 2.45) is 0 Å². The van der Waals surface area contributed by atoms with Gasteiger partial charge in [0.1, 0.15) is 31.0 Å². The fourth-order valence-corrected chi connectivity index (χ4v) is 2.41. The number of nitrogens with one attached hydrogen (secondary N) is 1. The molecule has 1 aliphatic heterocycles. The Labute approximate surface area is 158 Å². The van der Waals surface area contributed by atoms with Crippen molar-refractivity contribution in [1.82, 2.24) is 5.32 Å². The molecule has 10 heteroatoms. The Balaban J connectivity index is 2.24. The van der Waals surface area contributed by atoms with Gasteiger partial charge < -0.3 is 44.3 Å². The van der Waals surface area contributed by atoms with Gasteiger partial charge >= 0.3 is 0 Å². The lowest BCUT2D eigenvalue weighted by atomic mass is 9.97. The first-order valence-electron chi connectivity index (χ1n) is 8.69. The average molecular weight is 391 g/mol. The SMILES string of the molecule is C#CCOCCOCCOCCOC1OC(CO)C(O)C(O)C1NC(C)=O. The maximum absolute atomic E-state index is 11.3. The van der Waals surface area contributed by atoms with Gasteiger partial charge in [0.05, 0.1) is 46.2 Å². The molecule has 0 radical (unpaired) electrons. The van der Waals surface area contributed by atoms with Gasteiger partial charge in [-0.05, 0) is 0 Å². The molecule has 1 rings (SSSR count). The molecule has 156 valence electrons. The highest BCUT2D eigenvalue weighted by Crippen LogP contribution is 2.22. The van der Waals surface area contributed by atoms with Crippen LogP contribution in [0.2, 0.25) is 0 Å². The van der Waals surface area contributed by atoms with Crippen molar-refractivity contribution in [3.05, 3.63) is 0 Å². The van der Waals surface area contributed by atoms with E-state index in [0.29, 0.717) is 26.4 Å². The van der Waals surface area contributed by atoms with E-state index in [2.05, 4.69) is 11.2 Å². The summed E-state index contributed by atoms with van der Waals surface area (Å²) in [7, 11) is 0. The van der Waals surface area contributed by atoms with E-state index in [4.69, 9.17) is 30.1 Å². The van der Waals surface area contributed by atoms with Crippen LogP contribution in [0.3, 0.4) is 0 Å². The van der Waals surface area contributed by atoms with Gasteiger partial charge in [-0.15, -0.1) is 6.42 Å². The Morgan fingerprint density at radius 1 is 1.07 bits per heavy atom. The third kappa shape index (κ3) is 8.96. The molecule has 1 heterocycles. The van der Waals surface area contributed by atoms with Crippen LogP contribution in [0.1, 0.15) is 6.92 Å². The molecule has 1 saturated heterocycles. The van der Waals surface area contributed by atoms with Crippen LogP contribution in [0.4, 0.5) is 0 Å². The molecule has 0 aromatic rings. The number of terminal acetylenes is 1. The van der Waals surface area contributed by atoms with Crippen molar-refractivity contribution in [2.75, 3.05) is 52.9 Å². The fourth-order valence-electron chi connectivity index (χ4n) is 2.41. The molecule has 10 nitrogen and oxygen atoms in total. The van der Waals surface area contributed by atoms with Crippen molar-refractivity contribution in [3.63, 3.8) is 0 Å². The zero-order valence-corrected chi connectivity index (χ0v) is 15.4. The Morgan fingerprint density at radius 3 is 2.22 bits per heavy atom. The molecule has 0 spiro atoms. The molecule has 1 fully saturated rings. The summed E-state index contributed by atoms with van der Waals surface area (Å²) in [6.45, 7) is 2.93. The first kappa shape index (κ1) is 23.7. The number of carbonyl (C=O) groups excluding carboxylic acids is 1. The number of amides is 1. The minimum absolute atomic E-state index is 0.118. The quantitative estimate of drug-likeness (QED) is 0.201. The predicted molar refractivity (Wildman–Crippen MR) is 92.6 cm³/mol. The zero-order valence-electron chi connectivity index (χ0n) is 15.4. The molecule has 4 N–H and O–H groups in total. The molecule has 0 aliphatic carbocycles. The molecule has 5 unspecified atom stereocenters. The smallest absolute Gasteiger partial charge is 0.217 e.